The summed E-state index contributed by atoms with van der Waals surface area (Å²) in [6.45, 7) is -0.101. The quantitative estimate of drug-likeness (QED) is 0.534. The number of amides is 1. The van der Waals surface area contributed by atoms with Crippen molar-refractivity contribution in [2.24, 2.45) is 0 Å². The van der Waals surface area contributed by atoms with Gasteiger partial charge in [0.05, 0.1) is 15.4 Å². The highest BCUT2D eigenvalue weighted by Gasteiger charge is 2.34. The van der Waals surface area contributed by atoms with E-state index in [4.69, 9.17) is 0 Å². The van der Waals surface area contributed by atoms with E-state index in [-0.39, 0.29) is 37.4 Å². The highest BCUT2D eigenvalue weighted by atomic mass is 32.2. The number of benzene rings is 2. The van der Waals surface area contributed by atoms with Crippen LogP contribution in [0.15, 0.2) is 53.4 Å². The molecule has 1 fully saturated rings. The van der Waals surface area contributed by atoms with Gasteiger partial charge in [-0.3, -0.25) is 14.9 Å². The van der Waals surface area contributed by atoms with Gasteiger partial charge >= 0.3 is 6.18 Å². The number of sulfonamides is 1. The first-order chi connectivity index (χ1) is 14.0. The molecule has 0 bridgehead atoms. The van der Waals surface area contributed by atoms with Crippen molar-refractivity contribution in [3.8, 4) is 0 Å². The fourth-order valence-corrected chi connectivity index (χ4v) is 4.49. The van der Waals surface area contributed by atoms with Crippen LogP contribution in [0.2, 0.25) is 0 Å². The van der Waals surface area contributed by atoms with Crippen LogP contribution in [0, 0.1) is 10.1 Å². The first-order valence-electron chi connectivity index (χ1n) is 8.71. The summed E-state index contributed by atoms with van der Waals surface area (Å²) in [6, 6.07) is 8.52. The van der Waals surface area contributed by atoms with Crippen molar-refractivity contribution in [2.75, 3.05) is 26.2 Å². The molecule has 30 heavy (non-hydrogen) atoms. The van der Waals surface area contributed by atoms with Gasteiger partial charge in [0.2, 0.25) is 10.0 Å². The maximum Gasteiger partial charge on any atom is 0.416 e. The number of nitro benzene ring substituents is 1. The van der Waals surface area contributed by atoms with E-state index < -0.39 is 37.5 Å². The molecule has 0 aromatic heterocycles. The van der Waals surface area contributed by atoms with Gasteiger partial charge in [0.25, 0.3) is 11.6 Å². The summed E-state index contributed by atoms with van der Waals surface area (Å²) in [7, 11) is -4.15. The number of halogens is 3. The Kier molecular flexibility index (Phi) is 5.81. The minimum atomic E-state index is -4.67. The number of nitrogens with zero attached hydrogens (tertiary/aromatic N) is 3. The van der Waals surface area contributed by atoms with E-state index >= 15 is 0 Å². The third kappa shape index (κ3) is 4.44. The normalized spacial score (nSPS) is 15.8. The number of non-ortho nitro benzene ring substituents is 1. The maximum absolute atomic E-state index is 12.9. The van der Waals surface area contributed by atoms with E-state index in [1.54, 1.807) is 0 Å². The van der Waals surface area contributed by atoms with E-state index in [1.807, 2.05) is 0 Å². The van der Waals surface area contributed by atoms with Crippen LogP contribution >= 0.6 is 0 Å². The molecule has 0 atom stereocenters. The van der Waals surface area contributed by atoms with Crippen molar-refractivity contribution >= 4 is 21.6 Å². The zero-order valence-electron chi connectivity index (χ0n) is 15.4. The smallest absolute Gasteiger partial charge is 0.336 e. The van der Waals surface area contributed by atoms with Crippen LogP contribution in [0.25, 0.3) is 0 Å². The largest absolute Gasteiger partial charge is 0.416 e. The SMILES string of the molecule is O=C(c1ccc([N+](=O)[O-])cc1)N1CCN(S(=O)(=O)c2cccc(C(F)(F)F)c2)CC1. The molecule has 2 aromatic rings. The molecule has 12 heteroatoms. The summed E-state index contributed by atoms with van der Waals surface area (Å²) in [4.78, 5) is 23.5. The number of hydrogen-bond donors (Lipinski definition) is 0. The lowest BCUT2D eigenvalue weighted by atomic mass is 10.1. The molecule has 1 saturated heterocycles. The number of piperazine rings is 1. The van der Waals surface area contributed by atoms with Crippen LogP contribution in [-0.2, 0) is 16.2 Å². The fraction of sp³-hybridized carbons (Fsp3) is 0.278. The molecule has 0 radical (unpaired) electrons. The van der Waals surface area contributed by atoms with Crippen LogP contribution in [0.5, 0.6) is 0 Å². The van der Waals surface area contributed by atoms with Crippen LogP contribution in [0.1, 0.15) is 15.9 Å². The first-order valence-corrected chi connectivity index (χ1v) is 10.2. The molecule has 3 rings (SSSR count). The van der Waals surface area contributed by atoms with E-state index in [0.29, 0.717) is 6.07 Å². The lowest BCUT2D eigenvalue weighted by Crippen LogP contribution is -2.50. The Morgan fingerprint density at radius 3 is 2.13 bits per heavy atom. The van der Waals surface area contributed by atoms with Crippen LogP contribution in [0.4, 0.5) is 18.9 Å². The average Bonchev–Trinajstić information content (AvgIpc) is 2.73. The van der Waals surface area contributed by atoms with Crippen LogP contribution < -0.4 is 0 Å². The Balaban J connectivity index is 1.70. The van der Waals surface area contributed by atoms with Gasteiger partial charge < -0.3 is 4.90 Å². The van der Waals surface area contributed by atoms with Gasteiger partial charge in [0, 0.05) is 43.9 Å². The molecule has 0 spiro atoms. The zero-order valence-corrected chi connectivity index (χ0v) is 16.2. The molecule has 8 nitrogen and oxygen atoms in total. The molecular formula is C18H16F3N3O5S. The molecule has 1 heterocycles. The van der Waals surface area contributed by atoms with Crippen molar-refractivity contribution in [3.63, 3.8) is 0 Å². The van der Waals surface area contributed by atoms with Crippen molar-refractivity contribution in [2.45, 2.75) is 11.1 Å². The third-order valence-electron chi connectivity index (χ3n) is 4.65. The number of hydrogen-bond acceptors (Lipinski definition) is 5. The average molecular weight is 443 g/mol. The second-order valence-electron chi connectivity index (χ2n) is 6.53. The van der Waals surface area contributed by atoms with Crippen molar-refractivity contribution in [1.29, 1.82) is 0 Å². The monoisotopic (exact) mass is 443 g/mol. The fourth-order valence-electron chi connectivity index (χ4n) is 3.02. The summed E-state index contributed by atoms with van der Waals surface area (Å²) in [5, 5.41) is 10.7. The summed E-state index contributed by atoms with van der Waals surface area (Å²) >= 11 is 0. The molecule has 2 aromatic carbocycles. The Labute approximate surface area is 169 Å². The molecule has 1 aliphatic heterocycles. The van der Waals surface area contributed by atoms with Gasteiger partial charge in [-0.15, -0.1) is 0 Å². The highest BCUT2D eigenvalue weighted by Crippen LogP contribution is 2.31. The van der Waals surface area contributed by atoms with Gasteiger partial charge in [-0.25, -0.2) is 8.42 Å². The van der Waals surface area contributed by atoms with Crippen molar-refractivity contribution < 1.29 is 31.3 Å². The minimum Gasteiger partial charge on any atom is -0.336 e. The second kappa shape index (κ2) is 8.03. The predicted molar refractivity (Wildman–Crippen MR) is 99.2 cm³/mol. The van der Waals surface area contributed by atoms with Gasteiger partial charge in [-0.1, -0.05) is 6.07 Å². The molecule has 0 saturated carbocycles. The summed E-state index contributed by atoms with van der Waals surface area (Å²) < 4.78 is 65.1. The zero-order chi connectivity index (χ0) is 22.1. The molecule has 0 N–H and O–H groups in total. The first kappa shape index (κ1) is 21.7. The lowest BCUT2D eigenvalue weighted by molar-refractivity contribution is -0.384. The summed E-state index contributed by atoms with van der Waals surface area (Å²) in [6.07, 6.45) is -4.67. The van der Waals surface area contributed by atoms with Gasteiger partial charge in [-0.05, 0) is 30.3 Å². The summed E-state index contributed by atoms with van der Waals surface area (Å²) in [5.74, 6) is -0.416. The Morgan fingerprint density at radius 1 is 1.00 bits per heavy atom. The Hall–Kier alpha value is -2.99. The molecule has 1 aliphatic rings. The number of alkyl halides is 3. The number of nitro groups is 1. The second-order valence-corrected chi connectivity index (χ2v) is 8.46. The Bertz CT molecular complexity index is 1060. The van der Waals surface area contributed by atoms with Crippen LogP contribution in [0.3, 0.4) is 0 Å². The third-order valence-corrected chi connectivity index (χ3v) is 6.54. The lowest BCUT2D eigenvalue weighted by Gasteiger charge is -2.34. The number of rotatable bonds is 4. The van der Waals surface area contributed by atoms with E-state index in [0.717, 1.165) is 22.5 Å². The molecule has 1 amide bonds. The van der Waals surface area contributed by atoms with Crippen LogP contribution in [-0.4, -0.2) is 54.6 Å². The highest BCUT2D eigenvalue weighted by molar-refractivity contribution is 7.89. The number of carbonyl (C=O) groups excluding carboxylic acids is 1. The summed E-state index contributed by atoms with van der Waals surface area (Å²) in [5.41, 5.74) is -1.01. The van der Waals surface area contributed by atoms with E-state index in [9.17, 15) is 36.5 Å². The molecular weight excluding hydrogens is 427 g/mol. The van der Waals surface area contributed by atoms with Crippen molar-refractivity contribution in [1.82, 2.24) is 9.21 Å². The van der Waals surface area contributed by atoms with E-state index in [1.165, 1.54) is 29.2 Å². The predicted octanol–water partition coefficient (Wildman–Crippen LogP) is 2.76. The van der Waals surface area contributed by atoms with Gasteiger partial charge in [-0.2, -0.15) is 17.5 Å². The maximum atomic E-state index is 12.9. The number of carbonyl (C=O) groups is 1. The van der Waals surface area contributed by atoms with Crippen molar-refractivity contribution in [3.05, 3.63) is 69.8 Å². The van der Waals surface area contributed by atoms with Gasteiger partial charge in [0.15, 0.2) is 0 Å². The molecule has 160 valence electrons. The minimum absolute atomic E-state index is 0.0357. The molecule has 0 unspecified atom stereocenters. The van der Waals surface area contributed by atoms with E-state index in [2.05, 4.69) is 0 Å². The topological polar surface area (TPSA) is 101 Å². The van der Waals surface area contributed by atoms with Gasteiger partial charge in [0.1, 0.15) is 0 Å². The standard InChI is InChI=1S/C18H16F3N3O5S/c19-18(20,21)14-2-1-3-16(12-14)30(28,29)23-10-8-22(9-11-23)17(25)13-4-6-15(7-5-13)24(26)27/h1-7,12H,8-11H2. The Morgan fingerprint density at radius 2 is 1.60 bits per heavy atom. The molecule has 0 aliphatic carbocycles.